The molecule has 0 radical (unpaired) electrons. The van der Waals surface area contributed by atoms with Crippen LogP contribution in [0.3, 0.4) is 0 Å². The van der Waals surface area contributed by atoms with Gasteiger partial charge >= 0.3 is 0 Å². The molecule has 7 nitrogen and oxygen atoms in total. The van der Waals surface area contributed by atoms with Crippen LogP contribution in [0.25, 0.3) is 32.0 Å². The van der Waals surface area contributed by atoms with Crippen LogP contribution in [0.1, 0.15) is 10.4 Å². The first kappa shape index (κ1) is 16.2. The van der Waals surface area contributed by atoms with Crippen molar-refractivity contribution in [1.29, 1.82) is 0 Å². The van der Waals surface area contributed by atoms with Gasteiger partial charge in [0.25, 0.3) is 0 Å². The molecule has 1 aliphatic heterocycles. The SMILES string of the molecule is O=Cc1cccc(-c2nc(N3CCOCC3)c3sc4nccnc4c3n2)c1. The first-order chi connectivity index (χ1) is 13.3. The van der Waals surface area contributed by atoms with Gasteiger partial charge in [-0.3, -0.25) is 4.79 Å². The van der Waals surface area contributed by atoms with Gasteiger partial charge in [0.05, 0.1) is 17.9 Å². The number of ether oxygens (including phenoxy) is 1. The van der Waals surface area contributed by atoms with Crippen LogP contribution in [0, 0.1) is 0 Å². The number of hydrogen-bond donors (Lipinski definition) is 0. The van der Waals surface area contributed by atoms with Crippen LogP contribution in [0.5, 0.6) is 0 Å². The maximum Gasteiger partial charge on any atom is 0.162 e. The Labute approximate surface area is 158 Å². The Kier molecular flexibility index (Phi) is 3.99. The largest absolute Gasteiger partial charge is 0.378 e. The lowest BCUT2D eigenvalue weighted by Crippen LogP contribution is -2.36. The van der Waals surface area contributed by atoms with Crippen molar-refractivity contribution >= 4 is 44.0 Å². The molecular weight excluding hydrogens is 362 g/mol. The lowest BCUT2D eigenvalue weighted by molar-refractivity contribution is 0.112. The van der Waals surface area contributed by atoms with E-state index < -0.39 is 0 Å². The number of fused-ring (bicyclic) bond motifs is 3. The second-order valence-corrected chi connectivity index (χ2v) is 7.20. The number of anilines is 1. The Balaban J connectivity index is 1.78. The molecule has 0 aliphatic carbocycles. The van der Waals surface area contributed by atoms with Crippen molar-refractivity contribution in [3.63, 3.8) is 0 Å². The molecule has 0 spiro atoms. The van der Waals surface area contributed by atoms with E-state index in [-0.39, 0.29) is 0 Å². The number of carbonyl (C=O) groups excluding carboxylic acids is 1. The third kappa shape index (κ3) is 2.83. The first-order valence-corrected chi connectivity index (χ1v) is 9.45. The quantitative estimate of drug-likeness (QED) is 0.508. The van der Waals surface area contributed by atoms with E-state index in [4.69, 9.17) is 14.7 Å². The van der Waals surface area contributed by atoms with E-state index in [2.05, 4.69) is 14.9 Å². The Bertz CT molecular complexity index is 1150. The van der Waals surface area contributed by atoms with Crippen molar-refractivity contribution in [1.82, 2.24) is 19.9 Å². The predicted molar refractivity (Wildman–Crippen MR) is 104 cm³/mol. The van der Waals surface area contributed by atoms with Gasteiger partial charge in [-0.2, -0.15) is 0 Å². The summed E-state index contributed by atoms with van der Waals surface area (Å²) in [7, 11) is 0. The molecule has 4 aromatic rings. The zero-order chi connectivity index (χ0) is 18.2. The highest BCUT2D eigenvalue weighted by molar-refractivity contribution is 7.25. The summed E-state index contributed by atoms with van der Waals surface area (Å²) in [4.78, 5) is 32.8. The number of rotatable bonds is 3. The molecular formula is C19H15N5O2S. The molecule has 27 heavy (non-hydrogen) atoms. The lowest BCUT2D eigenvalue weighted by Gasteiger charge is -2.28. The van der Waals surface area contributed by atoms with Gasteiger partial charge in [-0.05, 0) is 6.07 Å². The molecule has 1 aromatic carbocycles. The minimum absolute atomic E-state index is 0.582. The fraction of sp³-hybridized carbons (Fsp3) is 0.211. The highest BCUT2D eigenvalue weighted by atomic mass is 32.1. The Morgan fingerprint density at radius 3 is 2.78 bits per heavy atom. The zero-order valence-electron chi connectivity index (χ0n) is 14.3. The molecule has 0 bridgehead atoms. The summed E-state index contributed by atoms with van der Waals surface area (Å²) in [5, 5.41) is 0. The van der Waals surface area contributed by atoms with E-state index in [0.717, 1.165) is 51.3 Å². The van der Waals surface area contributed by atoms with Gasteiger partial charge in [0.15, 0.2) is 11.6 Å². The van der Waals surface area contributed by atoms with Crippen LogP contribution in [0.4, 0.5) is 5.82 Å². The van der Waals surface area contributed by atoms with Gasteiger partial charge in [-0.25, -0.2) is 19.9 Å². The van der Waals surface area contributed by atoms with Crippen LogP contribution in [-0.2, 0) is 4.74 Å². The number of benzene rings is 1. The third-order valence-electron chi connectivity index (χ3n) is 4.53. The van der Waals surface area contributed by atoms with Crippen LogP contribution in [0.2, 0.25) is 0 Å². The van der Waals surface area contributed by atoms with Crippen molar-refractivity contribution < 1.29 is 9.53 Å². The molecule has 5 rings (SSSR count). The van der Waals surface area contributed by atoms with Crippen molar-refractivity contribution in [2.24, 2.45) is 0 Å². The van der Waals surface area contributed by atoms with E-state index in [9.17, 15) is 4.79 Å². The Morgan fingerprint density at radius 2 is 1.93 bits per heavy atom. The molecule has 3 aromatic heterocycles. The Hall–Kier alpha value is -2.97. The zero-order valence-corrected chi connectivity index (χ0v) is 15.1. The van der Waals surface area contributed by atoms with Crippen molar-refractivity contribution in [3.8, 4) is 11.4 Å². The molecule has 0 atom stereocenters. The number of nitrogens with zero attached hydrogens (tertiary/aromatic N) is 5. The number of thiophene rings is 1. The smallest absolute Gasteiger partial charge is 0.162 e. The average Bonchev–Trinajstić information content (AvgIpc) is 3.12. The minimum Gasteiger partial charge on any atom is -0.378 e. The summed E-state index contributed by atoms with van der Waals surface area (Å²) in [6.07, 6.45) is 4.20. The fourth-order valence-corrected chi connectivity index (χ4v) is 4.28. The number of carbonyl (C=O) groups is 1. The van der Waals surface area contributed by atoms with Gasteiger partial charge in [-0.15, -0.1) is 11.3 Å². The van der Waals surface area contributed by atoms with Crippen molar-refractivity contribution in [2.75, 3.05) is 31.2 Å². The van der Waals surface area contributed by atoms with Gasteiger partial charge in [0.2, 0.25) is 0 Å². The minimum atomic E-state index is 0.582. The second kappa shape index (κ2) is 6.64. The lowest BCUT2D eigenvalue weighted by atomic mass is 10.1. The van der Waals surface area contributed by atoms with Crippen molar-refractivity contribution in [3.05, 3.63) is 42.2 Å². The molecule has 134 valence electrons. The monoisotopic (exact) mass is 377 g/mol. The van der Waals surface area contributed by atoms with Crippen LogP contribution in [0.15, 0.2) is 36.7 Å². The highest BCUT2D eigenvalue weighted by Gasteiger charge is 2.22. The van der Waals surface area contributed by atoms with Gasteiger partial charge in [0.1, 0.15) is 22.1 Å². The Morgan fingerprint density at radius 1 is 1.07 bits per heavy atom. The molecule has 0 N–H and O–H groups in total. The van der Waals surface area contributed by atoms with Crippen molar-refractivity contribution in [2.45, 2.75) is 0 Å². The van der Waals surface area contributed by atoms with E-state index in [1.54, 1.807) is 35.9 Å². The summed E-state index contributed by atoms with van der Waals surface area (Å²) < 4.78 is 6.47. The summed E-state index contributed by atoms with van der Waals surface area (Å²) in [5.41, 5.74) is 2.98. The standard InChI is InChI=1S/C19H15N5O2S/c25-11-12-2-1-3-13(10-12)17-22-14-15-19(21-5-4-20-15)27-16(14)18(23-17)24-6-8-26-9-7-24/h1-5,10-11H,6-9H2. The van der Waals surface area contributed by atoms with Gasteiger partial charge in [0, 0.05) is 36.6 Å². The number of hydrogen-bond acceptors (Lipinski definition) is 8. The molecule has 8 heteroatoms. The maximum atomic E-state index is 11.2. The fourth-order valence-electron chi connectivity index (χ4n) is 3.22. The number of aromatic nitrogens is 4. The topological polar surface area (TPSA) is 81.1 Å². The average molecular weight is 377 g/mol. The summed E-state index contributed by atoms with van der Waals surface area (Å²) >= 11 is 1.56. The molecule has 1 fully saturated rings. The number of morpholine rings is 1. The van der Waals surface area contributed by atoms with Crippen LogP contribution >= 0.6 is 11.3 Å². The summed E-state index contributed by atoms with van der Waals surface area (Å²) in [6, 6.07) is 7.32. The summed E-state index contributed by atoms with van der Waals surface area (Å²) in [5.74, 6) is 1.46. The van der Waals surface area contributed by atoms with E-state index in [1.807, 2.05) is 12.1 Å². The molecule has 1 saturated heterocycles. The van der Waals surface area contributed by atoms with Crippen LogP contribution in [-0.4, -0.2) is 52.5 Å². The van der Waals surface area contributed by atoms with E-state index in [0.29, 0.717) is 24.6 Å². The predicted octanol–water partition coefficient (Wildman–Crippen LogP) is 2.95. The molecule has 4 heterocycles. The van der Waals surface area contributed by atoms with Gasteiger partial charge in [-0.1, -0.05) is 18.2 Å². The maximum absolute atomic E-state index is 11.2. The van der Waals surface area contributed by atoms with Crippen LogP contribution < -0.4 is 4.90 Å². The third-order valence-corrected chi connectivity index (χ3v) is 5.60. The molecule has 0 saturated carbocycles. The van der Waals surface area contributed by atoms with Gasteiger partial charge < -0.3 is 9.64 Å². The molecule has 0 unspecified atom stereocenters. The highest BCUT2D eigenvalue weighted by Crippen LogP contribution is 2.37. The summed E-state index contributed by atoms with van der Waals surface area (Å²) in [6.45, 7) is 2.88. The molecule has 1 aliphatic rings. The van der Waals surface area contributed by atoms with E-state index in [1.165, 1.54) is 0 Å². The first-order valence-electron chi connectivity index (χ1n) is 8.63. The number of aldehydes is 1. The second-order valence-electron chi connectivity index (χ2n) is 6.20. The molecule has 0 amide bonds. The normalized spacial score (nSPS) is 14.7. The van der Waals surface area contributed by atoms with E-state index >= 15 is 0 Å².